The van der Waals surface area contributed by atoms with Gasteiger partial charge in [-0.1, -0.05) is 42.5 Å². The molecule has 4 rings (SSSR count). The smallest absolute Gasteiger partial charge is 0.243 e. The number of nitrogens with one attached hydrogen (secondary N) is 1. The van der Waals surface area contributed by atoms with Crippen molar-refractivity contribution in [2.24, 2.45) is 11.0 Å². The number of carbonyl (C=O) groups excluding carboxylic acids is 1. The third kappa shape index (κ3) is 6.51. The fourth-order valence-corrected chi connectivity index (χ4v) is 5.68. The standard InChI is InChI=1S/C28H31N3O6S/c1-35-26-13-12-24(18-27(26)36-2)38(33,34)31-16-14-22(15-17-31)28(32)30-29-19-23-10-6-7-11-25(23)37-20-21-8-4-3-5-9-21/h3-13,18-19,22H,14-17,20H2,1-2H3,(H,30,32)/b29-19-. The lowest BCUT2D eigenvalue weighted by Gasteiger charge is -2.30. The van der Waals surface area contributed by atoms with Crippen LogP contribution in [0.2, 0.25) is 0 Å². The van der Waals surface area contributed by atoms with E-state index in [2.05, 4.69) is 10.5 Å². The summed E-state index contributed by atoms with van der Waals surface area (Å²) < 4.78 is 44.0. The normalized spacial score (nSPS) is 14.8. The van der Waals surface area contributed by atoms with Gasteiger partial charge >= 0.3 is 0 Å². The predicted molar refractivity (Wildman–Crippen MR) is 144 cm³/mol. The molecule has 1 heterocycles. The Labute approximate surface area is 223 Å². The van der Waals surface area contributed by atoms with Crippen LogP contribution < -0.4 is 19.6 Å². The lowest BCUT2D eigenvalue weighted by molar-refractivity contribution is -0.126. The summed E-state index contributed by atoms with van der Waals surface area (Å²) in [5.41, 5.74) is 4.38. The Morgan fingerprint density at radius 1 is 0.947 bits per heavy atom. The van der Waals surface area contributed by atoms with Gasteiger partial charge in [0.15, 0.2) is 11.5 Å². The number of ether oxygens (including phenoxy) is 3. The second-order valence-electron chi connectivity index (χ2n) is 8.74. The molecule has 3 aromatic rings. The number of hydrazone groups is 1. The van der Waals surface area contributed by atoms with Crippen LogP contribution in [0.15, 0.2) is 82.8 Å². The van der Waals surface area contributed by atoms with Gasteiger partial charge in [0, 0.05) is 30.6 Å². The fourth-order valence-electron chi connectivity index (χ4n) is 4.20. The highest BCUT2D eigenvalue weighted by Crippen LogP contribution is 2.32. The summed E-state index contributed by atoms with van der Waals surface area (Å²) in [5, 5.41) is 4.12. The summed E-state index contributed by atoms with van der Waals surface area (Å²) in [7, 11) is -0.783. The first kappa shape index (κ1) is 27.2. The zero-order chi connectivity index (χ0) is 27.0. The molecule has 38 heavy (non-hydrogen) atoms. The highest BCUT2D eigenvalue weighted by atomic mass is 32.2. The molecule has 1 amide bonds. The molecule has 1 aliphatic rings. The van der Waals surface area contributed by atoms with E-state index < -0.39 is 10.0 Å². The van der Waals surface area contributed by atoms with E-state index in [0.717, 1.165) is 11.1 Å². The molecule has 10 heteroatoms. The van der Waals surface area contributed by atoms with Crippen LogP contribution in [0.5, 0.6) is 17.2 Å². The number of carbonyl (C=O) groups is 1. The SMILES string of the molecule is COc1ccc(S(=O)(=O)N2CCC(C(=O)N/N=C\c3ccccc3OCc3ccccc3)CC2)cc1OC. The van der Waals surface area contributed by atoms with Crippen molar-refractivity contribution in [3.05, 3.63) is 83.9 Å². The van der Waals surface area contributed by atoms with Gasteiger partial charge in [0.1, 0.15) is 12.4 Å². The van der Waals surface area contributed by atoms with Crippen LogP contribution in [0, 0.1) is 5.92 Å². The van der Waals surface area contributed by atoms with Crippen molar-refractivity contribution in [2.45, 2.75) is 24.3 Å². The van der Waals surface area contributed by atoms with Gasteiger partial charge in [-0.3, -0.25) is 4.79 Å². The van der Waals surface area contributed by atoms with E-state index in [0.29, 0.717) is 36.7 Å². The fraction of sp³-hybridized carbons (Fsp3) is 0.286. The van der Waals surface area contributed by atoms with Gasteiger partial charge in [0.2, 0.25) is 15.9 Å². The van der Waals surface area contributed by atoms with Gasteiger partial charge in [-0.05, 0) is 42.7 Å². The molecule has 1 N–H and O–H groups in total. The number of para-hydroxylation sites is 1. The zero-order valence-electron chi connectivity index (χ0n) is 21.4. The van der Waals surface area contributed by atoms with Crippen molar-refractivity contribution in [3.63, 3.8) is 0 Å². The molecule has 3 aromatic carbocycles. The van der Waals surface area contributed by atoms with Crippen molar-refractivity contribution >= 4 is 22.1 Å². The Bertz CT molecular complexity index is 1370. The molecule has 0 bridgehead atoms. The second kappa shape index (κ2) is 12.6. The first-order valence-electron chi connectivity index (χ1n) is 12.2. The van der Waals surface area contributed by atoms with E-state index in [1.807, 2.05) is 54.6 Å². The van der Waals surface area contributed by atoms with Crippen LogP contribution in [0.4, 0.5) is 0 Å². The summed E-state index contributed by atoms with van der Waals surface area (Å²) in [4.78, 5) is 12.8. The van der Waals surface area contributed by atoms with E-state index in [1.54, 1.807) is 12.3 Å². The summed E-state index contributed by atoms with van der Waals surface area (Å²) in [6.45, 7) is 0.881. The molecule has 0 aromatic heterocycles. The first-order chi connectivity index (χ1) is 18.4. The highest BCUT2D eigenvalue weighted by molar-refractivity contribution is 7.89. The van der Waals surface area contributed by atoms with Crippen LogP contribution in [0.3, 0.4) is 0 Å². The number of amides is 1. The lowest BCUT2D eigenvalue weighted by atomic mass is 9.98. The third-order valence-electron chi connectivity index (χ3n) is 6.35. The molecule has 0 atom stereocenters. The van der Waals surface area contributed by atoms with Gasteiger partial charge in [-0.2, -0.15) is 9.41 Å². The number of hydrogen-bond acceptors (Lipinski definition) is 7. The van der Waals surface area contributed by atoms with Gasteiger partial charge in [-0.15, -0.1) is 0 Å². The van der Waals surface area contributed by atoms with Crippen LogP contribution in [0.1, 0.15) is 24.0 Å². The van der Waals surface area contributed by atoms with Crippen LogP contribution >= 0.6 is 0 Å². The Kier molecular flexibility index (Phi) is 8.98. The van der Waals surface area contributed by atoms with Crippen LogP contribution in [-0.4, -0.2) is 52.2 Å². The number of hydrogen-bond donors (Lipinski definition) is 1. The summed E-state index contributed by atoms with van der Waals surface area (Å²) in [5.74, 6) is 0.865. The third-order valence-corrected chi connectivity index (χ3v) is 8.25. The molecule has 1 aliphatic heterocycles. The quantitative estimate of drug-likeness (QED) is 0.311. The van der Waals surface area contributed by atoms with Crippen molar-refractivity contribution in [1.29, 1.82) is 0 Å². The number of rotatable bonds is 10. The van der Waals surface area contributed by atoms with Crippen molar-refractivity contribution in [3.8, 4) is 17.2 Å². The molecule has 0 unspecified atom stereocenters. The van der Waals surface area contributed by atoms with E-state index in [9.17, 15) is 13.2 Å². The monoisotopic (exact) mass is 537 g/mol. The molecule has 0 aliphatic carbocycles. The van der Waals surface area contributed by atoms with Gasteiger partial charge in [0.25, 0.3) is 0 Å². The number of methoxy groups -OCH3 is 2. The highest BCUT2D eigenvalue weighted by Gasteiger charge is 2.32. The predicted octanol–water partition coefficient (Wildman–Crippen LogP) is 3.83. The molecule has 0 spiro atoms. The average Bonchev–Trinajstić information content (AvgIpc) is 2.96. The Balaban J connectivity index is 1.31. The first-order valence-corrected chi connectivity index (χ1v) is 13.7. The Hall–Kier alpha value is -3.89. The summed E-state index contributed by atoms with van der Waals surface area (Å²) in [6.07, 6.45) is 2.34. The van der Waals surface area contributed by atoms with E-state index in [-0.39, 0.29) is 29.8 Å². The zero-order valence-corrected chi connectivity index (χ0v) is 22.2. The maximum atomic E-state index is 13.1. The Morgan fingerprint density at radius 3 is 2.34 bits per heavy atom. The maximum absolute atomic E-state index is 13.1. The molecule has 9 nitrogen and oxygen atoms in total. The number of sulfonamides is 1. The maximum Gasteiger partial charge on any atom is 0.243 e. The number of nitrogens with zero attached hydrogens (tertiary/aromatic N) is 2. The molecule has 1 saturated heterocycles. The Morgan fingerprint density at radius 2 is 1.63 bits per heavy atom. The van der Waals surface area contributed by atoms with Crippen LogP contribution in [-0.2, 0) is 21.4 Å². The average molecular weight is 538 g/mol. The molecule has 1 fully saturated rings. The summed E-state index contributed by atoms with van der Waals surface area (Å²) >= 11 is 0. The van der Waals surface area contributed by atoms with Crippen molar-refractivity contribution in [2.75, 3.05) is 27.3 Å². The molecule has 200 valence electrons. The molecule has 0 radical (unpaired) electrons. The van der Waals surface area contributed by atoms with Crippen LogP contribution in [0.25, 0.3) is 0 Å². The topological polar surface area (TPSA) is 107 Å². The number of piperidine rings is 1. The largest absolute Gasteiger partial charge is 0.493 e. The van der Waals surface area contributed by atoms with E-state index in [4.69, 9.17) is 14.2 Å². The van der Waals surface area contributed by atoms with Gasteiger partial charge in [-0.25, -0.2) is 13.8 Å². The minimum Gasteiger partial charge on any atom is -0.493 e. The number of benzene rings is 3. The van der Waals surface area contributed by atoms with E-state index in [1.165, 1.54) is 30.7 Å². The molecular weight excluding hydrogens is 506 g/mol. The summed E-state index contributed by atoms with van der Waals surface area (Å²) in [6, 6.07) is 21.8. The van der Waals surface area contributed by atoms with Gasteiger partial charge < -0.3 is 14.2 Å². The minimum absolute atomic E-state index is 0.121. The van der Waals surface area contributed by atoms with Gasteiger partial charge in [0.05, 0.1) is 25.3 Å². The van der Waals surface area contributed by atoms with E-state index >= 15 is 0 Å². The van der Waals surface area contributed by atoms with Crippen molar-refractivity contribution in [1.82, 2.24) is 9.73 Å². The second-order valence-corrected chi connectivity index (χ2v) is 10.7. The molecule has 0 saturated carbocycles. The minimum atomic E-state index is -3.73. The van der Waals surface area contributed by atoms with Crippen molar-refractivity contribution < 1.29 is 27.4 Å². The molecular formula is C28H31N3O6S. The lowest BCUT2D eigenvalue weighted by Crippen LogP contribution is -2.42.